The van der Waals surface area contributed by atoms with Crippen molar-refractivity contribution in [3.05, 3.63) is 28.7 Å². The molecule has 1 N–H and O–H groups in total. The Labute approximate surface area is 149 Å². The average molecular weight is 361 g/mol. The average Bonchev–Trinajstić information content (AvgIpc) is 3.18. The van der Waals surface area contributed by atoms with Gasteiger partial charge >= 0.3 is 5.97 Å². The molecule has 0 aromatic heterocycles. The van der Waals surface area contributed by atoms with Gasteiger partial charge in [0.15, 0.2) is 11.5 Å². The van der Waals surface area contributed by atoms with Crippen LogP contribution in [0.25, 0.3) is 6.08 Å². The number of esters is 1. The molecule has 0 bridgehead atoms. The first-order valence-corrected chi connectivity index (χ1v) is 9.00. The van der Waals surface area contributed by atoms with E-state index in [2.05, 4.69) is 5.32 Å². The number of amides is 2. The predicted molar refractivity (Wildman–Crippen MR) is 94.3 cm³/mol. The quantitative estimate of drug-likeness (QED) is 0.491. The number of imide groups is 1. The van der Waals surface area contributed by atoms with Gasteiger partial charge in [-0.3, -0.25) is 19.7 Å². The zero-order chi connectivity index (χ0) is 17.8. The van der Waals surface area contributed by atoms with Crippen molar-refractivity contribution in [3.8, 4) is 11.5 Å². The van der Waals surface area contributed by atoms with Crippen LogP contribution in [0.15, 0.2) is 23.1 Å². The van der Waals surface area contributed by atoms with Crippen LogP contribution < -0.4 is 14.8 Å². The van der Waals surface area contributed by atoms with E-state index in [0.29, 0.717) is 34.3 Å². The summed E-state index contributed by atoms with van der Waals surface area (Å²) >= 11 is 0.850. The molecule has 6 nitrogen and oxygen atoms in total. The lowest BCUT2D eigenvalue weighted by molar-refractivity contribution is -0.135. The van der Waals surface area contributed by atoms with E-state index in [9.17, 15) is 14.4 Å². The molecule has 25 heavy (non-hydrogen) atoms. The first-order valence-electron chi connectivity index (χ1n) is 8.18. The van der Waals surface area contributed by atoms with Crippen molar-refractivity contribution in [1.29, 1.82) is 0 Å². The van der Waals surface area contributed by atoms with Gasteiger partial charge in [-0.15, -0.1) is 0 Å². The number of carbonyl (C=O) groups is 3. The van der Waals surface area contributed by atoms with Crippen LogP contribution in [-0.2, 0) is 9.59 Å². The number of benzene rings is 1. The molecule has 132 valence electrons. The van der Waals surface area contributed by atoms with Crippen molar-refractivity contribution in [1.82, 2.24) is 5.32 Å². The van der Waals surface area contributed by atoms with Crippen LogP contribution in [0, 0.1) is 5.92 Å². The summed E-state index contributed by atoms with van der Waals surface area (Å²) in [5.74, 6) is 0.503. The van der Waals surface area contributed by atoms with E-state index in [1.165, 1.54) is 20.0 Å². The van der Waals surface area contributed by atoms with Gasteiger partial charge in [0.05, 0.1) is 12.0 Å². The molecule has 1 aromatic carbocycles. The number of nitrogens with one attached hydrogen (secondary N) is 1. The number of methoxy groups -OCH3 is 1. The maximum atomic E-state index is 12.1. The maximum Gasteiger partial charge on any atom is 0.311 e. The molecule has 7 heteroatoms. The van der Waals surface area contributed by atoms with Crippen LogP contribution in [0.1, 0.15) is 37.7 Å². The summed E-state index contributed by atoms with van der Waals surface area (Å²) in [5, 5.41) is 1.82. The molecule has 2 amide bonds. The fraction of sp³-hybridized carbons (Fsp3) is 0.389. The summed E-state index contributed by atoms with van der Waals surface area (Å²) in [7, 11) is 1.49. The van der Waals surface area contributed by atoms with Gasteiger partial charge in [0.25, 0.3) is 11.1 Å². The molecule has 2 aliphatic rings. The molecular weight excluding hydrogens is 342 g/mol. The summed E-state index contributed by atoms with van der Waals surface area (Å²) in [6, 6.07) is 5.02. The minimum Gasteiger partial charge on any atom is -0.493 e. The topological polar surface area (TPSA) is 81.7 Å². The molecule has 0 radical (unpaired) electrons. The SMILES string of the molecule is COc1cc(C=C2SC(=O)NC2=O)ccc1OC(=O)CC1CCCC1. The molecule has 0 unspecified atom stereocenters. The first-order chi connectivity index (χ1) is 12.0. The standard InChI is InChI=1S/C18H19NO5S/c1-23-14-8-12(9-15-17(21)19-18(22)25-15)6-7-13(14)24-16(20)10-11-4-2-3-5-11/h6-9,11H,2-5,10H2,1H3,(H,19,21,22). The highest BCUT2D eigenvalue weighted by atomic mass is 32.2. The summed E-state index contributed by atoms with van der Waals surface area (Å²) < 4.78 is 10.7. The zero-order valence-corrected chi connectivity index (χ0v) is 14.7. The zero-order valence-electron chi connectivity index (χ0n) is 13.9. The molecule has 3 rings (SSSR count). The van der Waals surface area contributed by atoms with Gasteiger partial charge in [-0.2, -0.15) is 0 Å². The Morgan fingerprint density at radius 2 is 2.04 bits per heavy atom. The lowest BCUT2D eigenvalue weighted by Gasteiger charge is -2.12. The Hall–Kier alpha value is -2.28. The van der Waals surface area contributed by atoms with Crippen molar-refractivity contribution in [2.75, 3.05) is 7.11 Å². The summed E-state index contributed by atoms with van der Waals surface area (Å²) in [4.78, 5) is 35.2. The van der Waals surface area contributed by atoms with Gasteiger partial charge < -0.3 is 9.47 Å². The molecule has 1 heterocycles. The fourth-order valence-electron chi connectivity index (χ4n) is 3.05. The molecule has 1 saturated carbocycles. The van der Waals surface area contributed by atoms with Gasteiger partial charge in [-0.05, 0) is 54.3 Å². The van der Waals surface area contributed by atoms with Gasteiger partial charge in [0, 0.05) is 6.42 Å². The summed E-state index contributed by atoms with van der Waals surface area (Å²) in [6.45, 7) is 0. The van der Waals surface area contributed by atoms with E-state index < -0.39 is 5.91 Å². The molecule has 0 atom stereocenters. The molecule has 1 aliphatic heterocycles. The lowest BCUT2D eigenvalue weighted by Crippen LogP contribution is -2.17. The van der Waals surface area contributed by atoms with Crippen molar-refractivity contribution < 1.29 is 23.9 Å². The van der Waals surface area contributed by atoms with Crippen LogP contribution in [0.4, 0.5) is 4.79 Å². The highest BCUT2D eigenvalue weighted by molar-refractivity contribution is 8.18. The van der Waals surface area contributed by atoms with Crippen molar-refractivity contribution in [2.45, 2.75) is 32.1 Å². The molecule has 1 aromatic rings. The third-order valence-electron chi connectivity index (χ3n) is 4.28. The molecular formula is C18H19NO5S. The van der Waals surface area contributed by atoms with E-state index in [1.807, 2.05) is 0 Å². The van der Waals surface area contributed by atoms with E-state index in [1.54, 1.807) is 24.3 Å². The number of thioether (sulfide) groups is 1. The predicted octanol–water partition coefficient (Wildman–Crippen LogP) is 3.50. The van der Waals surface area contributed by atoms with Gasteiger partial charge in [0.2, 0.25) is 0 Å². The second kappa shape index (κ2) is 7.74. The third kappa shape index (κ3) is 4.42. The highest BCUT2D eigenvalue weighted by Crippen LogP contribution is 2.33. The normalized spacial score (nSPS) is 19.3. The minimum atomic E-state index is -0.416. The molecule has 0 spiro atoms. The molecule has 1 saturated heterocycles. The van der Waals surface area contributed by atoms with Crippen molar-refractivity contribution in [3.63, 3.8) is 0 Å². The van der Waals surface area contributed by atoms with Crippen LogP contribution in [-0.4, -0.2) is 24.2 Å². The monoisotopic (exact) mass is 361 g/mol. The van der Waals surface area contributed by atoms with E-state index in [4.69, 9.17) is 9.47 Å². The van der Waals surface area contributed by atoms with Crippen LogP contribution in [0.5, 0.6) is 11.5 Å². The number of hydrogen-bond acceptors (Lipinski definition) is 6. The molecule has 2 fully saturated rings. The smallest absolute Gasteiger partial charge is 0.311 e. The molecule has 1 aliphatic carbocycles. The van der Waals surface area contributed by atoms with E-state index in [-0.39, 0.29) is 11.2 Å². The second-order valence-corrected chi connectivity index (χ2v) is 7.11. The Bertz CT molecular complexity index is 737. The largest absolute Gasteiger partial charge is 0.493 e. The third-order valence-corrected chi connectivity index (χ3v) is 5.09. The van der Waals surface area contributed by atoms with Crippen LogP contribution in [0.2, 0.25) is 0 Å². The minimum absolute atomic E-state index is 0.257. The maximum absolute atomic E-state index is 12.1. The first kappa shape index (κ1) is 17.5. The van der Waals surface area contributed by atoms with Crippen LogP contribution >= 0.6 is 11.8 Å². The van der Waals surface area contributed by atoms with Gasteiger partial charge in [-0.1, -0.05) is 18.9 Å². The lowest BCUT2D eigenvalue weighted by atomic mass is 10.0. The second-order valence-electron chi connectivity index (χ2n) is 6.09. The van der Waals surface area contributed by atoms with E-state index in [0.717, 1.165) is 24.6 Å². The Morgan fingerprint density at radius 1 is 1.28 bits per heavy atom. The van der Waals surface area contributed by atoms with E-state index >= 15 is 0 Å². The summed E-state index contributed by atoms with van der Waals surface area (Å²) in [6.07, 6.45) is 6.54. The highest BCUT2D eigenvalue weighted by Gasteiger charge is 2.25. The Balaban J connectivity index is 1.71. The summed E-state index contributed by atoms with van der Waals surface area (Å²) in [5.41, 5.74) is 0.680. The number of hydrogen-bond donors (Lipinski definition) is 1. The number of carbonyl (C=O) groups excluding carboxylic acids is 3. The van der Waals surface area contributed by atoms with Crippen molar-refractivity contribution in [2.24, 2.45) is 5.92 Å². The van der Waals surface area contributed by atoms with Gasteiger partial charge in [-0.25, -0.2) is 0 Å². The number of ether oxygens (including phenoxy) is 2. The Kier molecular flexibility index (Phi) is 5.43. The fourth-order valence-corrected chi connectivity index (χ4v) is 3.73. The van der Waals surface area contributed by atoms with Crippen molar-refractivity contribution >= 4 is 35.0 Å². The van der Waals surface area contributed by atoms with Gasteiger partial charge in [0.1, 0.15) is 0 Å². The number of rotatable bonds is 5. The van der Waals surface area contributed by atoms with Crippen LogP contribution in [0.3, 0.4) is 0 Å². The Morgan fingerprint density at radius 3 is 2.68 bits per heavy atom.